The van der Waals surface area contributed by atoms with Crippen LogP contribution < -0.4 is 10.1 Å². The molecule has 1 fully saturated rings. The highest BCUT2D eigenvalue weighted by Crippen LogP contribution is 2.33. The Kier molecular flexibility index (Phi) is 6.98. The molecule has 1 amide bonds. The lowest BCUT2D eigenvalue weighted by Crippen LogP contribution is -2.38. The Balaban J connectivity index is 1.90. The molecule has 1 saturated carbocycles. The van der Waals surface area contributed by atoms with Gasteiger partial charge in [-0.25, -0.2) is 0 Å². The van der Waals surface area contributed by atoms with Crippen LogP contribution in [0, 0.1) is 6.92 Å². The van der Waals surface area contributed by atoms with Crippen molar-refractivity contribution in [2.24, 2.45) is 0 Å². The van der Waals surface area contributed by atoms with Crippen molar-refractivity contribution in [2.45, 2.75) is 70.9 Å². The van der Waals surface area contributed by atoms with Crippen molar-refractivity contribution in [1.29, 1.82) is 0 Å². The van der Waals surface area contributed by atoms with E-state index in [1.54, 1.807) is 20.1 Å². The summed E-state index contributed by atoms with van der Waals surface area (Å²) < 4.78 is 11.3. The zero-order valence-corrected chi connectivity index (χ0v) is 18.2. The number of rotatable bonds is 7. The molecular weight excluding hydrogens is 382 g/mol. The minimum atomic E-state index is -0.283. The first-order valence-corrected chi connectivity index (χ1v) is 10.6. The molecule has 6 nitrogen and oxygen atoms in total. The van der Waals surface area contributed by atoms with E-state index in [1.807, 2.05) is 32.0 Å². The van der Waals surface area contributed by atoms with Crippen molar-refractivity contribution in [3.63, 3.8) is 0 Å². The normalized spacial score (nSPS) is 19.9. The van der Waals surface area contributed by atoms with Gasteiger partial charge in [0.2, 0.25) is 0 Å². The van der Waals surface area contributed by atoms with E-state index in [9.17, 15) is 14.7 Å². The lowest BCUT2D eigenvalue weighted by Gasteiger charge is -2.26. The minimum absolute atomic E-state index is 0.0208. The Labute approximate surface area is 177 Å². The first-order valence-electron chi connectivity index (χ1n) is 10.6. The summed E-state index contributed by atoms with van der Waals surface area (Å²) in [6.45, 7) is 5.70. The standard InChI is InChI=1S/C24H31NO5/c1-5-20(27)22-13-19(24(28)25-17-7-9-18(26)10-8-17)23(30-22)15(3)16-6-11-21(29-4)14(2)12-16/h6,11-13,15,17-18,26H,5,7-10H2,1-4H3,(H,25,28)/t15-,17?,18?/m0/s1. The summed E-state index contributed by atoms with van der Waals surface area (Å²) in [6.07, 6.45) is 2.89. The summed E-state index contributed by atoms with van der Waals surface area (Å²) in [5, 5.41) is 12.8. The number of Topliss-reactive ketones (excluding diaryl/α,β-unsaturated/α-hetero) is 1. The van der Waals surface area contributed by atoms with Crippen molar-refractivity contribution in [1.82, 2.24) is 5.32 Å². The van der Waals surface area contributed by atoms with Gasteiger partial charge in [-0.3, -0.25) is 9.59 Å². The van der Waals surface area contributed by atoms with Gasteiger partial charge in [-0.05, 0) is 49.8 Å². The van der Waals surface area contributed by atoms with Crippen LogP contribution in [0.15, 0.2) is 28.7 Å². The van der Waals surface area contributed by atoms with E-state index >= 15 is 0 Å². The lowest BCUT2D eigenvalue weighted by atomic mass is 9.92. The second-order valence-corrected chi connectivity index (χ2v) is 8.09. The van der Waals surface area contributed by atoms with Crippen molar-refractivity contribution in [3.05, 3.63) is 52.5 Å². The first-order chi connectivity index (χ1) is 14.3. The van der Waals surface area contributed by atoms with Crippen LogP contribution in [0.5, 0.6) is 5.75 Å². The Morgan fingerprint density at radius 1 is 1.23 bits per heavy atom. The molecule has 0 aliphatic heterocycles. The smallest absolute Gasteiger partial charge is 0.255 e. The molecule has 0 spiro atoms. The van der Waals surface area contributed by atoms with Gasteiger partial charge in [0.1, 0.15) is 11.5 Å². The molecular formula is C24H31NO5. The molecule has 1 aliphatic carbocycles. The van der Waals surface area contributed by atoms with Gasteiger partial charge in [0.25, 0.3) is 5.91 Å². The van der Waals surface area contributed by atoms with Crippen LogP contribution in [0.4, 0.5) is 0 Å². The molecule has 1 heterocycles. The van der Waals surface area contributed by atoms with E-state index < -0.39 is 0 Å². The largest absolute Gasteiger partial charge is 0.496 e. The third kappa shape index (κ3) is 4.75. The summed E-state index contributed by atoms with van der Waals surface area (Å²) in [7, 11) is 1.63. The molecule has 1 atom stereocenters. The average Bonchev–Trinajstić information content (AvgIpc) is 3.20. The van der Waals surface area contributed by atoms with Gasteiger partial charge in [-0.1, -0.05) is 26.0 Å². The van der Waals surface area contributed by atoms with Gasteiger partial charge in [0.15, 0.2) is 11.5 Å². The Bertz CT molecular complexity index is 908. The number of hydrogen-bond donors (Lipinski definition) is 2. The van der Waals surface area contributed by atoms with Crippen molar-refractivity contribution < 1.29 is 23.8 Å². The van der Waals surface area contributed by atoms with E-state index in [0.29, 0.717) is 30.6 Å². The van der Waals surface area contributed by atoms with E-state index in [-0.39, 0.29) is 35.5 Å². The van der Waals surface area contributed by atoms with E-state index in [4.69, 9.17) is 9.15 Å². The molecule has 2 aromatic rings. The van der Waals surface area contributed by atoms with Crippen molar-refractivity contribution >= 4 is 11.7 Å². The summed E-state index contributed by atoms with van der Waals surface area (Å²) >= 11 is 0. The Hall–Kier alpha value is -2.60. The average molecular weight is 414 g/mol. The van der Waals surface area contributed by atoms with Crippen molar-refractivity contribution in [3.8, 4) is 5.75 Å². The maximum atomic E-state index is 13.1. The van der Waals surface area contributed by atoms with Crippen LogP contribution in [0.1, 0.15) is 89.7 Å². The number of hydrogen-bond acceptors (Lipinski definition) is 5. The van der Waals surface area contributed by atoms with Crippen LogP contribution >= 0.6 is 0 Å². The van der Waals surface area contributed by atoms with Gasteiger partial charge < -0.3 is 19.6 Å². The SMILES string of the molecule is CCC(=O)c1cc(C(=O)NC2CCC(O)CC2)c([C@@H](C)c2ccc(OC)c(C)c2)o1. The van der Waals surface area contributed by atoms with Gasteiger partial charge in [0.05, 0.1) is 18.8 Å². The Morgan fingerprint density at radius 3 is 2.53 bits per heavy atom. The van der Waals surface area contributed by atoms with Crippen LogP contribution in [-0.2, 0) is 0 Å². The highest BCUT2D eigenvalue weighted by atomic mass is 16.5. The molecule has 2 N–H and O–H groups in total. The topological polar surface area (TPSA) is 88.8 Å². The van der Waals surface area contributed by atoms with Gasteiger partial charge in [-0.2, -0.15) is 0 Å². The molecule has 162 valence electrons. The molecule has 3 rings (SSSR count). The molecule has 30 heavy (non-hydrogen) atoms. The van der Waals surface area contributed by atoms with E-state index in [2.05, 4.69) is 5.32 Å². The number of aryl methyl sites for hydroxylation is 1. The lowest BCUT2D eigenvalue weighted by molar-refractivity contribution is 0.0865. The number of ether oxygens (including phenoxy) is 1. The van der Waals surface area contributed by atoms with Crippen LogP contribution in [0.3, 0.4) is 0 Å². The highest BCUT2D eigenvalue weighted by Gasteiger charge is 2.28. The molecule has 0 bridgehead atoms. The molecule has 0 saturated heterocycles. The second-order valence-electron chi connectivity index (χ2n) is 8.09. The maximum Gasteiger partial charge on any atom is 0.255 e. The number of aliphatic hydroxyl groups excluding tert-OH is 1. The van der Waals surface area contributed by atoms with Crippen molar-refractivity contribution in [2.75, 3.05) is 7.11 Å². The predicted octanol–water partition coefficient (Wildman–Crippen LogP) is 4.37. The summed E-state index contributed by atoms with van der Waals surface area (Å²) in [6, 6.07) is 7.45. The van der Waals surface area contributed by atoms with Crippen LogP contribution in [0.2, 0.25) is 0 Å². The molecule has 0 radical (unpaired) electrons. The summed E-state index contributed by atoms with van der Waals surface area (Å²) in [5.41, 5.74) is 2.37. The third-order valence-electron chi connectivity index (χ3n) is 5.95. The third-order valence-corrected chi connectivity index (χ3v) is 5.95. The highest BCUT2D eigenvalue weighted by molar-refractivity contribution is 6.00. The van der Waals surface area contributed by atoms with Gasteiger partial charge >= 0.3 is 0 Å². The molecule has 1 aromatic heterocycles. The predicted molar refractivity (Wildman–Crippen MR) is 114 cm³/mol. The molecule has 0 unspecified atom stereocenters. The van der Waals surface area contributed by atoms with Gasteiger partial charge in [0, 0.05) is 24.4 Å². The minimum Gasteiger partial charge on any atom is -0.496 e. The Morgan fingerprint density at radius 2 is 1.93 bits per heavy atom. The number of benzene rings is 1. The molecule has 6 heteroatoms. The number of nitrogens with one attached hydrogen (secondary N) is 1. The number of furan rings is 1. The number of ketones is 1. The number of carbonyl (C=O) groups excluding carboxylic acids is 2. The number of amides is 1. The molecule has 1 aliphatic rings. The van der Waals surface area contributed by atoms with E-state index in [0.717, 1.165) is 29.7 Å². The number of methoxy groups -OCH3 is 1. The quantitative estimate of drug-likeness (QED) is 0.658. The van der Waals surface area contributed by atoms with Gasteiger partial charge in [-0.15, -0.1) is 0 Å². The monoisotopic (exact) mass is 413 g/mol. The van der Waals surface area contributed by atoms with E-state index in [1.165, 1.54) is 0 Å². The zero-order valence-electron chi connectivity index (χ0n) is 18.2. The first kappa shape index (κ1) is 22.1. The zero-order chi connectivity index (χ0) is 21.8. The fourth-order valence-corrected chi connectivity index (χ4v) is 4.02. The number of aliphatic hydroxyl groups is 1. The fourth-order valence-electron chi connectivity index (χ4n) is 4.02. The second kappa shape index (κ2) is 9.47. The fraction of sp³-hybridized carbons (Fsp3) is 0.500. The number of carbonyl (C=O) groups is 2. The summed E-state index contributed by atoms with van der Waals surface area (Å²) in [4.78, 5) is 25.3. The molecule has 1 aromatic carbocycles. The van der Waals surface area contributed by atoms with Crippen LogP contribution in [0.25, 0.3) is 0 Å². The van der Waals surface area contributed by atoms with Crippen LogP contribution in [-0.4, -0.2) is 36.1 Å². The maximum absolute atomic E-state index is 13.1. The summed E-state index contributed by atoms with van der Waals surface area (Å²) in [5.74, 6) is 0.932.